The predicted octanol–water partition coefficient (Wildman–Crippen LogP) is 2.31. The molecule has 0 fully saturated rings. The molecule has 10 nitrogen and oxygen atoms in total. The first-order valence-corrected chi connectivity index (χ1v) is 12.1. The van der Waals surface area contributed by atoms with E-state index in [4.69, 9.17) is 21.6 Å². The molecule has 0 atom stereocenters. The van der Waals surface area contributed by atoms with E-state index in [9.17, 15) is 9.59 Å². The van der Waals surface area contributed by atoms with Crippen molar-refractivity contribution in [1.29, 1.82) is 0 Å². The molecule has 6 N–H and O–H groups in total. The molecule has 1 aliphatic rings. The van der Waals surface area contributed by atoms with Crippen LogP contribution in [0.25, 0.3) is 11.4 Å². The molecular weight excluding hydrogens is 462 g/mol. The SMILES string of the molecule is CCCOCCNC(=O)CCC(=O)N1Cc2ccccc2/C(N)=C(/N(N)CCOO)c2ccccc21. The second-order valence-corrected chi connectivity index (χ2v) is 8.41. The smallest absolute Gasteiger partial charge is 0.227 e. The maximum absolute atomic E-state index is 13.5. The van der Waals surface area contributed by atoms with E-state index in [0.29, 0.717) is 42.4 Å². The van der Waals surface area contributed by atoms with Crippen molar-refractivity contribution in [3.05, 3.63) is 65.2 Å². The Balaban J connectivity index is 1.88. The number of amides is 2. The number of rotatable bonds is 12. The average Bonchev–Trinajstić information content (AvgIpc) is 2.89. The molecule has 0 spiro atoms. The van der Waals surface area contributed by atoms with Gasteiger partial charge in [0.15, 0.2) is 0 Å². The van der Waals surface area contributed by atoms with Gasteiger partial charge in [-0.1, -0.05) is 49.4 Å². The summed E-state index contributed by atoms with van der Waals surface area (Å²) in [6.07, 6.45) is 1.02. The minimum Gasteiger partial charge on any atom is -0.396 e. The Hall–Kier alpha value is -3.44. The number of fused-ring (bicyclic) bond motifs is 2. The van der Waals surface area contributed by atoms with Crippen LogP contribution in [0.5, 0.6) is 0 Å². The van der Waals surface area contributed by atoms with Gasteiger partial charge in [-0.25, -0.2) is 10.7 Å². The van der Waals surface area contributed by atoms with Gasteiger partial charge in [0.2, 0.25) is 11.8 Å². The maximum atomic E-state index is 13.5. The van der Waals surface area contributed by atoms with E-state index in [2.05, 4.69) is 10.2 Å². The molecule has 36 heavy (non-hydrogen) atoms. The predicted molar refractivity (Wildman–Crippen MR) is 138 cm³/mol. The van der Waals surface area contributed by atoms with Gasteiger partial charge < -0.3 is 25.7 Å². The summed E-state index contributed by atoms with van der Waals surface area (Å²) < 4.78 is 5.37. The molecule has 0 bridgehead atoms. The van der Waals surface area contributed by atoms with Gasteiger partial charge in [0.1, 0.15) is 6.61 Å². The summed E-state index contributed by atoms with van der Waals surface area (Å²) in [5.74, 6) is 5.95. The number of ether oxygens (including phenoxy) is 1. The number of hydrogen-bond acceptors (Lipinski definition) is 8. The number of para-hydroxylation sites is 1. The van der Waals surface area contributed by atoms with Gasteiger partial charge in [-0.3, -0.25) is 14.8 Å². The third-order valence-electron chi connectivity index (χ3n) is 5.84. The van der Waals surface area contributed by atoms with Gasteiger partial charge in [-0.15, -0.1) is 0 Å². The molecule has 1 aliphatic heterocycles. The van der Waals surface area contributed by atoms with Gasteiger partial charge in [0.05, 0.1) is 36.8 Å². The van der Waals surface area contributed by atoms with E-state index in [0.717, 1.165) is 17.5 Å². The number of hydrogen-bond donors (Lipinski definition) is 4. The fourth-order valence-electron chi connectivity index (χ4n) is 4.09. The van der Waals surface area contributed by atoms with Crippen LogP contribution in [-0.4, -0.2) is 55.0 Å². The van der Waals surface area contributed by atoms with Crippen molar-refractivity contribution in [2.75, 3.05) is 37.8 Å². The summed E-state index contributed by atoms with van der Waals surface area (Å²) >= 11 is 0. The molecular formula is C26H35N5O5. The summed E-state index contributed by atoms with van der Waals surface area (Å²) in [6, 6.07) is 14.9. The van der Waals surface area contributed by atoms with Gasteiger partial charge in [0.25, 0.3) is 0 Å². The minimum atomic E-state index is -0.203. The first kappa shape index (κ1) is 27.2. The molecule has 0 saturated heterocycles. The molecule has 2 aromatic carbocycles. The number of nitrogens with one attached hydrogen (secondary N) is 1. The van der Waals surface area contributed by atoms with Crippen LogP contribution >= 0.6 is 0 Å². The van der Waals surface area contributed by atoms with Gasteiger partial charge >= 0.3 is 0 Å². The zero-order valence-corrected chi connectivity index (χ0v) is 20.6. The second-order valence-electron chi connectivity index (χ2n) is 8.41. The van der Waals surface area contributed by atoms with E-state index >= 15 is 0 Å². The van der Waals surface area contributed by atoms with Crippen LogP contribution in [0.1, 0.15) is 42.9 Å². The lowest BCUT2D eigenvalue weighted by atomic mass is 9.95. The number of carbonyl (C=O) groups is 2. The highest BCUT2D eigenvalue weighted by atomic mass is 17.1. The van der Waals surface area contributed by atoms with Gasteiger partial charge in [-0.05, 0) is 18.1 Å². The van der Waals surface area contributed by atoms with Crippen LogP contribution in [0.2, 0.25) is 0 Å². The molecule has 194 valence electrons. The van der Waals surface area contributed by atoms with E-state index in [1.165, 1.54) is 5.01 Å². The number of anilines is 1. The van der Waals surface area contributed by atoms with Crippen LogP contribution < -0.4 is 21.8 Å². The van der Waals surface area contributed by atoms with E-state index in [1.54, 1.807) is 4.90 Å². The molecule has 2 aromatic rings. The first-order chi connectivity index (χ1) is 17.5. The monoisotopic (exact) mass is 497 g/mol. The summed E-state index contributed by atoms with van der Waals surface area (Å²) in [7, 11) is 0. The van der Waals surface area contributed by atoms with Crippen molar-refractivity contribution in [2.45, 2.75) is 32.7 Å². The highest BCUT2D eigenvalue weighted by molar-refractivity contribution is 6.01. The quantitative estimate of drug-likeness (QED) is 0.151. The summed E-state index contributed by atoms with van der Waals surface area (Å²) in [4.78, 5) is 31.6. The van der Waals surface area contributed by atoms with E-state index in [-0.39, 0.29) is 44.4 Å². The van der Waals surface area contributed by atoms with Gasteiger partial charge in [-0.2, -0.15) is 0 Å². The number of nitrogens with two attached hydrogens (primary N) is 2. The third-order valence-corrected chi connectivity index (χ3v) is 5.84. The number of benzene rings is 2. The number of carbonyl (C=O) groups excluding carboxylic acids is 2. The normalized spacial score (nSPS) is 14.9. The van der Waals surface area contributed by atoms with Crippen molar-refractivity contribution in [1.82, 2.24) is 10.3 Å². The van der Waals surface area contributed by atoms with E-state index < -0.39 is 0 Å². The van der Waals surface area contributed by atoms with Crippen LogP contribution in [0.4, 0.5) is 5.69 Å². The maximum Gasteiger partial charge on any atom is 0.227 e. The number of nitrogens with zero attached hydrogens (tertiary/aromatic N) is 2. The van der Waals surface area contributed by atoms with Crippen LogP contribution in [0.3, 0.4) is 0 Å². The Morgan fingerprint density at radius 2 is 1.78 bits per heavy atom. The molecule has 0 unspecified atom stereocenters. The Morgan fingerprint density at radius 3 is 2.53 bits per heavy atom. The summed E-state index contributed by atoms with van der Waals surface area (Å²) in [6.45, 7) is 3.95. The average molecular weight is 498 g/mol. The van der Waals surface area contributed by atoms with Crippen molar-refractivity contribution >= 4 is 28.9 Å². The third kappa shape index (κ3) is 6.82. The zero-order chi connectivity index (χ0) is 25.9. The lowest BCUT2D eigenvalue weighted by Gasteiger charge is -2.33. The van der Waals surface area contributed by atoms with Crippen molar-refractivity contribution in [2.24, 2.45) is 11.6 Å². The minimum absolute atomic E-state index is 0.0294. The Bertz CT molecular complexity index is 1070. The topological polar surface area (TPSA) is 143 Å². The van der Waals surface area contributed by atoms with Crippen LogP contribution in [0.15, 0.2) is 48.5 Å². The van der Waals surface area contributed by atoms with Crippen molar-refractivity contribution in [3.8, 4) is 0 Å². The molecule has 0 aromatic heterocycles. The Morgan fingerprint density at radius 1 is 1.06 bits per heavy atom. The highest BCUT2D eigenvalue weighted by Gasteiger charge is 2.28. The molecule has 1 heterocycles. The fourth-order valence-corrected chi connectivity index (χ4v) is 4.09. The molecule has 0 saturated carbocycles. The number of hydrazine groups is 1. The Labute approximate surface area is 211 Å². The largest absolute Gasteiger partial charge is 0.396 e. The van der Waals surface area contributed by atoms with Gasteiger partial charge in [0, 0.05) is 37.1 Å². The van der Waals surface area contributed by atoms with E-state index in [1.807, 2.05) is 55.5 Å². The molecule has 10 heteroatoms. The summed E-state index contributed by atoms with van der Waals surface area (Å²) in [5, 5.41) is 13.0. The lowest BCUT2D eigenvalue weighted by Crippen LogP contribution is -2.38. The molecule has 2 amide bonds. The highest BCUT2D eigenvalue weighted by Crippen LogP contribution is 2.37. The van der Waals surface area contributed by atoms with Crippen LogP contribution in [-0.2, 0) is 25.8 Å². The first-order valence-electron chi connectivity index (χ1n) is 12.1. The Kier molecular flexibility index (Phi) is 10.3. The summed E-state index contributed by atoms with van der Waals surface area (Å²) in [5.41, 5.74) is 10.5. The van der Waals surface area contributed by atoms with Crippen molar-refractivity contribution in [3.63, 3.8) is 0 Å². The molecule has 0 aliphatic carbocycles. The van der Waals surface area contributed by atoms with Crippen molar-refractivity contribution < 1.29 is 24.5 Å². The fraction of sp³-hybridized carbons (Fsp3) is 0.385. The van der Waals surface area contributed by atoms with Crippen LogP contribution in [0, 0.1) is 0 Å². The molecule has 3 rings (SSSR count). The second kappa shape index (κ2) is 13.6. The lowest BCUT2D eigenvalue weighted by molar-refractivity contribution is -0.243. The molecule has 0 radical (unpaired) electrons. The standard InChI is InChI=1S/C26H35N5O5/c1-2-15-35-16-13-29-23(32)11-12-24(33)30-18-19-7-3-4-8-20(19)25(27)26(31(28)14-17-36-34)21-9-5-6-10-22(21)30/h3-10,34H,2,11-18,27-28H2,1H3,(H,29,32)/b26-25-. The zero-order valence-electron chi connectivity index (χ0n) is 20.6.